The van der Waals surface area contributed by atoms with E-state index in [1.54, 1.807) is 0 Å². The Balaban J connectivity index is 2.16. The predicted octanol–water partition coefficient (Wildman–Crippen LogP) is 2.78. The molecule has 0 saturated heterocycles. The maximum absolute atomic E-state index is 11.3. The van der Waals surface area contributed by atoms with Crippen LogP contribution in [0.5, 0.6) is 5.75 Å². The van der Waals surface area contributed by atoms with Crippen LogP contribution in [0, 0.1) is 11.8 Å². The van der Waals surface area contributed by atoms with Gasteiger partial charge in [-0.05, 0) is 17.4 Å². The molecule has 2 aromatic rings. The van der Waals surface area contributed by atoms with Crippen molar-refractivity contribution in [2.75, 3.05) is 12.4 Å². The molecule has 0 aliphatic heterocycles. The zero-order chi connectivity index (χ0) is 15.5. The van der Waals surface area contributed by atoms with Gasteiger partial charge in [-0.2, -0.15) is 0 Å². The topological polar surface area (TPSA) is 69.4 Å². The number of sulfonamides is 1. The number of nitrogens with two attached hydrogens (primary N) is 1. The summed E-state index contributed by atoms with van der Waals surface area (Å²) in [5.74, 6) is 0.764. The van der Waals surface area contributed by atoms with Crippen LogP contribution in [0.4, 0.5) is 0 Å². The minimum Gasteiger partial charge on any atom is -0.493 e. The van der Waals surface area contributed by atoms with Gasteiger partial charge in [-0.15, -0.1) is 0 Å². The van der Waals surface area contributed by atoms with E-state index in [-0.39, 0.29) is 17.6 Å². The van der Waals surface area contributed by atoms with Gasteiger partial charge < -0.3 is 4.74 Å². The molecule has 0 fully saturated rings. The SMILES string of the molecule is CC(C)C(COc1cccc2ccccc12)CS(N)(=O)=O. The van der Waals surface area contributed by atoms with Crippen LogP contribution in [0.15, 0.2) is 42.5 Å². The number of hydrogen-bond donors (Lipinski definition) is 1. The summed E-state index contributed by atoms with van der Waals surface area (Å²) in [5.41, 5.74) is 0. The lowest BCUT2D eigenvalue weighted by Gasteiger charge is -2.20. The first-order valence-electron chi connectivity index (χ1n) is 6.98. The van der Waals surface area contributed by atoms with Crippen LogP contribution in [0.1, 0.15) is 13.8 Å². The quantitative estimate of drug-likeness (QED) is 0.892. The van der Waals surface area contributed by atoms with E-state index in [1.807, 2.05) is 56.3 Å². The standard InChI is InChI=1S/C16H21NO3S/c1-12(2)14(11-21(17,18)19)10-20-16-9-5-7-13-6-3-4-8-15(13)16/h3-9,12,14H,10-11H2,1-2H3,(H2,17,18,19). The molecule has 2 aromatic carbocycles. The maximum atomic E-state index is 11.3. The van der Waals surface area contributed by atoms with Crippen molar-refractivity contribution < 1.29 is 13.2 Å². The minimum atomic E-state index is -3.50. The van der Waals surface area contributed by atoms with Gasteiger partial charge in [0.25, 0.3) is 0 Å². The van der Waals surface area contributed by atoms with E-state index in [0.29, 0.717) is 6.61 Å². The molecule has 114 valence electrons. The zero-order valence-electron chi connectivity index (χ0n) is 12.3. The van der Waals surface area contributed by atoms with Crippen LogP contribution in [0.25, 0.3) is 10.8 Å². The van der Waals surface area contributed by atoms with Gasteiger partial charge in [0.1, 0.15) is 5.75 Å². The molecule has 1 unspecified atom stereocenters. The molecule has 0 spiro atoms. The Labute approximate surface area is 126 Å². The number of hydrogen-bond acceptors (Lipinski definition) is 3. The molecule has 4 nitrogen and oxygen atoms in total. The third-order valence-electron chi connectivity index (χ3n) is 3.59. The van der Waals surface area contributed by atoms with Crippen molar-refractivity contribution in [1.29, 1.82) is 0 Å². The number of ether oxygens (including phenoxy) is 1. The Hall–Kier alpha value is -1.59. The molecule has 2 rings (SSSR count). The molecule has 0 heterocycles. The van der Waals surface area contributed by atoms with E-state index in [1.165, 1.54) is 0 Å². The van der Waals surface area contributed by atoms with Gasteiger partial charge in [-0.3, -0.25) is 0 Å². The minimum absolute atomic E-state index is 0.0601. The van der Waals surface area contributed by atoms with Gasteiger partial charge in [0, 0.05) is 11.3 Å². The fraction of sp³-hybridized carbons (Fsp3) is 0.375. The molecule has 5 heteroatoms. The smallest absolute Gasteiger partial charge is 0.209 e. The zero-order valence-corrected chi connectivity index (χ0v) is 13.1. The first kappa shape index (κ1) is 15.8. The summed E-state index contributed by atoms with van der Waals surface area (Å²) < 4.78 is 28.5. The van der Waals surface area contributed by atoms with E-state index >= 15 is 0 Å². The fourth-order valence-corrected chi connectivity index (χ4v) is 3.33. The van der Waals surface area contributed by atoms with E-state index in [2.05, 4.69) is 0 Å². The third kappa shape index (κ3) is 4.44. The molecule has 2 N–H and O–H groups in total. The molecule has 0 aromatic heterocycles. The summed E-state index contributed by atoms with van der Waals surface area (Å²) in [4.78, 5) is 0. The Morgan fingerprint density at radius 3 is 2.43 bits per heavy atom. The summed E-state index contributed by atoms with van der Waals surface area (Å²) in [6.45, 7) is 4.28. The van der Waals surface area contributed by atoms with E-state index < -0.39 is 10.0 Å². The fourth-order valence-electron chi connectivity index (χ4n) is 2.25. The van der Waals surface area contributed by atoms with Crippen LogP contribution in [-0.2, 0) is 10.0 Å². The summed E-state index contributed by atoms with van der Waals surface area (Å²) in [6, 6.07) is 13.8. The normalized spacial score (nSPS) is 13.5. The van der Waals surface area contributed by atoms with Crippen molar-refractivity contribution in [1.82, 2.24) is 0 Å². The number of fused-ring (bicyclic) bond motifs is 1. The Morgan fingerprint density at radius 2 is 1.76 bits per heavy atom. The lowest BCUT2D eigenvalue weighted by atomic mass is 9.99. The number of benzene rings is 2. The lowest BCUT2D eigenvalue weighted by Crippen LogP contribution is -2.30. The van der Waals surface area contributed by atoms with Crippen LogP contribution in [0.3, 0.4) is 0 Å². The largest absolute Gasteiger partial charge is 0.493 e. The predicted molar refractivity (Wildman–Crippen MR) is 85.7 cm³/mol. The van der Waals surface area contributed by atoms with Crippen LogP contribution in [-0.4, -0.2) is 20.8 Å². The second-order valence-electron chi connectivity index (χ2n) is 5.62. The third-order valence-corrected chi connectivity index (χ3v) is 4.48. The van der Waals surface area contributed by atoms with E-state index in [4.69, 9.17) is 9.88 Å². The van der Waals surface area contributed by atoms with E-state index in [9.17, 15) is 8.42 Å². The van der Waals surface area contributed by atoms with Gasteiger partial charge in [-0.1, -0.05) is 50.2 Å². The highest BCUT2D eigenvalue weighted by Crippen LogP contribution is 2.26. The molecule has 0 radical (unpaired) electrons. The highest BCUT2D eigenvalue weighted by atomic mass is 32.2. The van der Waals surface area contributed by atoms with Crippen molar-refractivity contribution in [3.63, 3.8) is 0 Å². The van der Waals surface area contributed by atoms with Crippen molar-refractivity contribution in [2.24, 2.45) is 17.0 Å². The second kappa shape index (κ2) is 6.45. The summed E-state index contributed by atoms with van der Waals surface area (Å²) >= 11 is 0. The molecular formula is C16H21NO3S. The van der Waals surface area contributed by atoms with Crippen LogP contribution in [0.2, 0.25) is 0 Å². The molecule has 0 aliphatic carbocycles. The molecule has 0 aliphatic rings. The van der Waals surface area contributed by atoms with Gasteiger partial charge >= 0.3 is 0 Å². The molecule has 1 atom stereocenters. The monoisotopic (exact) mass is 307 g/mol. The number of rotatable bonds is 6. The van der Waals surface area contributed by atoms with Crippen molar-refractivity contribution in [3.8, 4) is 5.75 Å². The maximum Gasteiger partial charge on any atom is 0.209 e. The molecule has 0 amide bonds. The van der Waals surface area contributed by atoms with E-state index in [0.717, 1.165) is 16.5 Å². The Morgan fingerprint density at radius 1 is 1.10 bits per heavy atom. The summed E-state index contributed by atoms with van der Waals surface area (Å²) in [5, 5.41) is 7.28. The first-order chi connectivity index (χ1) is 9.87. The van der Waals surface area contributed by atoms with Gasteiger partial charge in [0.05, 0.1) is 12.4 Å². The van der Waals surface area contributed by atoms with Crippen LogP contribution < -0.4 is 9.88 Å². The van der Waals surface area contributed by atoms with Crippen molar-refractivity contribution >= 4 is 20.8 Å². The Bertz CT molecular complexity index is 705. The average molecular weight is 307 g/mol. The molecular weight excluding hydrogens is 286 g/mol. The summed E-state index contributed by atoms with van der Waals surface area (Å²) in [6.07, 6.45) is 0. The molecule has 0 saturated carbocycles. The summed E-state index contributed by atoms with van der Waals surface area (Å²) in [7, 11) is -3.50. The lowest BCUT2D eigenvalue weighted by molar-refractivity contribution is 0.227. The molecule has 0 bridgehead atoms. The van der Waals surface area contributed by atoms with Gasteiger partial charge in [-0.25, -0.2) is 13.6 Å². The highest BCUT2D eigenvalue weighted by molar-refractivity contribution is 7.89. The van der Waals surface area contributed by atoms with Crippen molar-refractivity contribution in [2.45, 2.75) is 13.8 Å². The number of primary sulfonamides is 1. The Kier molecular flexibility index (Phi) is 4.85. The first-order valence-corrected chi connectivity index (χ1v) is 8.69. The van der Waals surface area contributed by atoms with Crippen LogP contribution >= 0.6 is 0 Å². The van der Waals surface area contributed by atoms with Gasteiger partial charge in [0.2, 0.25) is 10.0 Å². The molecule has 21 heavy (non-hydrogen) atoms. The average Bonchev–Trinajstić information content (AvgIpc) is 2.42. The highest BCUT2D eigenvalue weighted by Gasteiger charge is 2.20. The van der Waals surface area contributed by atoms with Crippen molar-refractivity contribution in [3.05, 3.63) is 42.5 Å². The second-order valence-corrected chi connectivity index (χ2v) is 7.28. The van der Waals surface area contributed by atoms with Gasteiger partial charge in [0.15, 0.2) is 0 Å².